The van der Waals surface area contributed by atoms with E-state index >= 15 is 0 Å². The summed E-state index contributed by atoms with van der Waals surface area (Å²) in [4.78, 5) is 0. The number of nitrogens with zero attached hydrogens (tertiary/aromatic N) is 1. The van der Waals surface area contributed by atoms with Crippen molar-refractivity contribution in [3.8, 4) is 0 Å². The highest BCUT2D eigenvalue weighted by molar-refractivity contribution is 7.91. The smallest absolute Gasteiger partial charge is 0.211 e. The first-order valence-electron chi connectivity index (χ1n) is 6.02. The summed E-state index contributed by atoms with van der Waals surface area (Å²) in [5, 5.41) is -0.611. The Bertz CT molecular complexity index is 638. The van der Waals surface area contributed by atoms with Gasteiger partial charge in [-0.2, -0.15) is 0 Å². The fourth-order valence-electron chi connectivity index (χ4n) is 2.30. The van der Waals surface area contributed by atoms with Gasteiger partial charge in [0.2, 0.25) is 10.0 Å². The molecule has 0 saturated carbocycles. The molecule has 5 nitrogen and oxygen atoms in total. The molecule has 0 bridgehead atoms. The summed E-state index contributed by atoms with van der Waals surface area (Å²) in [5.41, 5.74) is 0.734. The van der Waals surface area contributed by atoms with Gasteiger partial charge in [-0.05, 0) is 12.0 Å². The summed E-state index contributed by atoms with van der Waals surface area (Å²) in [5.74, 6) is -0.125. The summed E-state index contributed by atoms with van der Waals surface area (Å²) in [6.45, 7) is 0.294. The van der Waals surface area contributed by atoms with Crippen molar-refractivity contribution in [2.24, 2.45) is 0 Å². The van der Waals surface area contributed by atoms with Gasteiger partial charge in [0.05, 0.1) is 17.3 Å². The lowest BCUT2D eigenvalue weighted by Gasteiger charge is -2.16. The minimum atomic E-state index is -3.34. The van der Waals surface area contributed by atoms with Gasteiger partial charge in [-0.25, -0.2) is 21.1 Å². The average Bonchev–Trinajstić information content (AvgIpc) is 2.48. The van der Waals surface area contributed by atoms with E-state index in [9.17, 15) is 16.8 Å². The van der Waals surface area contributed by atoms with Gasteiger partial charge in [0.15, 0.2) is 9.84 Å². The molecule has 106 valence electrons. The van der Waals surface area contributed by atoms with Gasteiger partial charge in [-0.15, -0.1) is 0 Å². The van der Waals surface area contributed by atoms with Crippen LogP contribution >= 0.6 is 0 Å². The van der Waals surface area contributed by atoms with E-state index in [1.54, 1.807) is 24.3 Å². The van der Waals surface area contributed by atoms with Gasteiger partial charge in [0, 0.05) is 13.1 Å². The number of rotatable bonds is 2. The Morgan fingerprint density at radius 1 is 1.16 bits per heavy atom. The zero-order valence-corrected chi connectivity index (χ0v) is 12.3. The van der Waals surface area contributed by atoms with E-state index in [-0.39, 0.29) is 18.8 Å². The summed E-state index contributed by atoms with van der Waals surface area (Å²) in [6.07, 6.45) is 1.42. The van der Waals surface area contributed by atoms with Crippen molar-refractivity contribution >= 4 is 19.9 Å². The molecule has 2 rings (SSSR count). The first-order chi connectivity index (χ1) is 8.81. The van der Waals surface area contributed by atoms with Crippen LogP contribution in [-0.2, 0) is 19.9 Å². The maximum absolute atomic E-state index is 12.3. The zero-order chi connectivity index (χ0) is 14.1. The van der Waals surface area contributed by atoms with Crippen molar-refractivity contribution in [2.75, 3.05) is 25.1 Å². The van der Waals surface area contributed by atoms with Crippen molar-refractivity contribution in [1.29, 1.82) is 0 Å². The van der Waals surface area contributed by atoms with Gasteiger partial charge in [-0.1, -0.05) is 30.3 Å². The van der Waals surface area contributed by atoms with Crippen molar-refractivity contribution in [2.45, 2.75) is 11.7 Å². The van der Waals surface area contributed by atoms with E-state index in [4.69, 9.17) is 0 Å². The molecule has 1 atom stereocenters. The molecule has 0 aromatic heterocycles. The highest BCUT2D eigenvalue weighted by Crippen LogP contribution is 2.29. The van der Waals surface area contributed by atoms with Crippen LogP contribution in [0.1, 0.15) is 17.2 Å². The average molecular weight is 303 g/mol. The maximum atomic E-state index is 12.3. The summed E-state index contributed by atoms with van der Waals surface area (Å²) < 4.78 is 48.8. The van der Waals surface area contributed by atoms with Crippen molar-refractivity contribution < 1.29 is 16.8 Å². The van der Waals surface area contributed by atoms with Crippen LogP contribution in [0.2, 0.25) is 0 Å². The van der Waals surface area contributed by atoms with E-state index in [2.05, 4.69) is 0 Å². The van der Waals surface area contributed by atoms with Crippen LogP contribution in [0.3, 0.4) is 0 Å². The molecular formula is C12H17NO4S2. The number of hydrogen-bond acceptors (Lipinski definition) is 4. The van der Waals surface area contributed by atoms with Crippen LogP contribution in [0.25, 0.3) is 0 Å². The van der Waals surface area contributed by atoms with Crippen LogP contribution < -0.4 is 0 Å². The van der Waals surface area contributed by atoms with Gasteiger partial charge < -0.3 is 0 Å². The van der Waals surface area contributed by atoms with Gasteiger partial charge in [0.1, 0.15) is 0 Å². The van der Waals surface area contributed by atoms with Crippen molar-refractivity contribution in [3.05, 3.63) is 35.9 Å². The van der Waals surface area contributed by atoms with E-state index in [1.807, 2.05) is 6.07 Å². The fourth-order valence-corrected chi connectivity index (χ4v) is 5.07. The summed E-state index contributed by atoms with van der Waals surface area (Å²) in [7, 11) is -6.65. The molecule has 1 unspecified atom stereocenters. The lowest BCUT2D eigenvalue weighted by molar-refractivity contribution is 0.432. The third kappa shape index (κ3) is 3.34. The SMILES string of the molecule is CS(=O)(=O)N1CCC(c2ccccc2)S(=O)(=O)CC1. The molecule has 1 aromatic rings. The largest absolute Gasteiger partial charge is 0.228 e. The van der Waals surface area contributed by atoms with Crippen molar-refractivity contribution in [3.63, 3.8) is 0 Å². The first-order valence-corrected chi connectivity index (χ1v) is 9.59. The Hall–Kier alpha value is -0.920. The van der Waals surface area contributed by atoms with Crippen LogP contribution in [0.15, 0.2) is 30.3 Å². The van der Waals surface area contributed by atoms with Gasteiger partial charge in [-0.3, -0.25) is 0 Å². The van der Waals surface area contributed by atoms with Crippen LogP contribution in [0.5, 0.6) is 0 Å². The monoisotopic (exact) mass is 303 g/mol. The Morgan fingerprint density at radius 2 is 1.79 bits per heavy atom. The summed E-state index contributed by atoms with van der Waals surface area (Å²) in [6, 6.07) is 8.97. The van der Waals surface area contributed by atoms with E-state index in [0.717, 1.165) is 11.8 Å². The molecule has 0 spiro atoms. The predicted molar refractivity (Wildman–Crippen MR) is 74.0 cm³/mol. The second-order valence-electron chi connectivity index (χ2n) is 4.72. The Labute approximate surface area is 114 Å². The Morgan fingerprint density at radius 3 is 2.37 bits per heavy atom. The lowest BCUT2D eigenvalue weighted by atomic mass is 10.1. The first kappa shape index (κ1) is 14.5. The molecule has 1 aromatic carbocycles. The highest BCUT2D eigenvalue weighted by Gasteiger charge is 2.33. The predicted octanol–water partition coefficient (Wildman–Crippen LogP) is 0.808. The van der Waals surface area contributed by atoms with Gasteiger partial charge >= 0.3 is 0 Å². The molecule has 0 amide bonds. The third-order valence-corrected chi connectivity index (χ3v) is 6.77. The molecule has 1 heterocycles. The Kier molecular flexibility index (Phi) is 3.98. The standard InChI is InChI=1S/C12H17NO4S2/c1-18(14,15)13-8-7-12(19(16,17)10-9-13)11-5-3-2-4-6-11/h2-6,12H,7-10H2,1H3. The van der Waals surface area contributed by atoms with Gasteiger partial charge in [0.25, 0.3) is 0 Å². The molecule has 1 aliphatic heterocycles. The number of sulfonamides is 1. The zero-order valence-electron chi connectivity index (χ0n) is 10.7. The van der Waals surface area contributed by atoms with Crippen LogP contribution in [0.4, 0.5) is 0 Å². The molecule has 7 heteroatoms. The quantitative estimate of drug-likeness (QED) is 0.810. The second kappa shape index (κ2) is 5.22. The molecule has 0 aliphatic carbocycles. The molecule has 1 aliphatic rings. The second-order valence-corrected chi connectivity index (χ2v) is 9.00. The van der Waals surface area contributed by atoms with E-state index in [1.165, 1.54) is 4.31 Å². The molecule has 1 fully saturated rings. The summed E-state index contributed by atoms with van der Waals surface area (Å²) >= 11 is 0. The highest BCUT2D eigenvalue weighted by atomic mass is 32.2. The van der Waals surface area contributed by atoms with E-state index in [0.29, 0.717) is 6.42 Å². The maximum Gasteiger partial charge on any atom is 0.211 e. The molecule has 0 radical (unpaired) electrons. The number of benzene rings is 1. The number of sulfone groups is 1. The normalized spacial score (nSPS) is 24.8. The molecule has 0 N–H and O–H groups in total. The van der Waals surface area contributed by atoms with Crippen LogP contribution in [-0.4, -0.2) is 46.2 Å². The minimum absolute atomic E-state index is 0.0461. The fraction of sp³-hybridized carbons (Fsp3) is 0.500. The lowest BCUT2D eigenvalue weighted by Crippen LogP contribution is -2.32. The van der Waals surface area contributed by atoms with Crippen molar-refractivity contribution in [1.82, 2.24) is 4.31 Å². The topological polar surface area (TPSA) is 71.5 Å². The number of hydrogen-bond donors (Lipinski definition) is 0. The molecule has 19 heavy (non-hydrogen) atoms. The molecule has 1 saturated heterocycles. The van der Waals surface area contributed by atoms with Crippen LogP contribution in [0, 0.1) is 0 Å². The van der Waals surface area contributed by atoms with E-state index < -0.39 is 25.1 Å². The Balaban J connectivity index is 2.31. The molecular weight excluding hydrogens is 286 g/mol. The minimum Gasteiger partial charge on any atom is -0.228 e. The third-order valence-electron chi connectivity index (χ3n) is 3.34.